The lowest BCUT2D eigenvalue weighted by atomic mass is 10.1. The SMILES string of the molecule is Nc1ccc(N2CCCCCCC2)c(Br)c1. The zero-order valence-electron chi connectivity index (χ0n) is 9.58. The molecule has 0 radical (unpaired) electrons. The average Bonchev–Trinajstić information content (AvgIpc) is 2.19. The van der Waals surface area contributed by atoms with Gasteiger partial charge >= 0.3 is 0 Å². The summed E-state index contributed by atoms with van der Waals surface area (Å²) in [6, 6.07) is 6.11. The molecule has 0 bridgehead atoms. The predicted octanol–water partition coefficient (Wildman–Crippen LogP) is 3.80. The first-order valence-corrected chi connectivity index (χ1v) is 6.86. The maximum absolute atomic E-state index is 5.76. The molecule has 1 saturated heterocycles. The first-order chi connectivity index (χ1) is 7.77. The van der Waals surface area contributed by atoms with Crippen molar-refractivity contribution in [3.63, 3.8) is 0 Å². The van der Waals surface area contributed by atoms with E-state index in [-0.39, 0.29) is 0 Å². The van der Waals surface area contributed by atoms with Crippen LogP contribution in [0.4, 0.5) is 11.4 Å². The van der Waals surface area contributed by atoms with Gasteiger partial charge in [0.2, 0.25) is 0 Å². The molecule has 2 N–H and O–H groups in total. The molecule has 1 heterocycles. The number of halogens is 1. The van der Waals surface area contributed by atoms with Crippen molar-refractivity contribution >= 4 is 27.3 Å². The standard InChI is InChI=1S/C13H19BrN2/c14-12-10-11(15)6-7-13(12)16-8-4-2-1-3-5-9-16/h6-7,10H,1-5,8-9,15H2. The zero-order chi connectivity index (χ0) is 11.4. The van der Waals surface area contributed by atoms with Crippen molar-refractivity contribution in [3.05, 3.63) is 22.7 Å². The molecule has 0 unspecified atom stereocenters. The highest BCUT2D eigenvalue weighted by Crippen LogP contribution is 2.29. The molecule has 1 aliphatic heterocycles. The summed E-state index contributed by atoms with van der Waals surface area (Å²) in [6.45, 7) is 2.34. The molecule has 0 spiro atoms. The number of anilines is 2. The Labute approximate surface area is 106 Å². The number of nitrogen functional groups attached to an aromatic ring is 1. The Balaban J connectivity index is 2.14. The molecule has 1 aromatic rings. The summed E-state index contributed by atoms with van der Waals surface area (Å²) in [5.41, 5.74) is 7.87. The van der Waals surface area contributed by atoms with Gasteiger partial charge in [0.1, 0.15) is 0 Å². The summed E-state index contributed by atoms with van der Waals surface area (Å²) in [5.74, 6) is 0. The molecule has 1 aliphatic rings. The molecule has 1 fully saturated rings. The molecule has 3 heteroatoms. The van der Waals surface area contributed by atoms with Crippen LogP contribution in [0.3, 0.4) is 0 Å². The van der Waals surface area contributed by atoms with Gasteiger partial charge in [0.15, 0.2) is 0 Å². The first kappa shape index (κ1) is 11.8. The van der Waals surface area contributed by atoms with Crippen molar-refractivity contribution in [3.8, 4) is 0 Å². The van der Waals surface area contributed by atoms with Crippen LogP contribution in [-0.4, -0.2) is 13.1 Å². The van der Waals surface area contributed by atoms with Crippen molar-refractivity contribution in [2.45, 2.75) is 32.1 Å². The van der Waals surface area contributed by atoms with E-state index < -0.39 is 0 Å². The van der Waals surface area contributed by atoms with E-state index in [1.807, 2.05) is 12.1 Å². The number of benzene rings is 1. The van der Waals surface area contributed by atoms with Gasteiger partial charge in [0.05, 0.1) is 5.69 Å². The second-order valence-electron chi connectivity index (χ2n) is 4.47. The number of hydrogen-bond donors (Lipinski definition) is 1. The first-order valence-electron chi connectivity index (χ1n) is 6.07. The van der Waals surface area contributed by atoms with E-state index in [1.165, 1.54) is 50.9 Å². The molecule has 0 saturated carbocycles. The number of nitrogens with zero attached hydrogens (tertiary/aromatic N) is 1. The highest BCUT2D eigenvalue weighted by Gasteiger charge is 2.11. The van der Waals surface area contributed by atoms with Crippen LogP contribution in [0.15, 0.2) is 22.7 Å². The third-order valence-electron chi connectivity index (χ3n) is 3.17. The van der Waals surface area contributed by atoms with E-state index in [0.717, 1.165) is 10.2 Å². The molecule has 2 rings (SSSR count). The maximum Gasteiger partial charge on any atom is 0.0512 e. The van der Waals surface area contributed by atoms with Crippen molar-refractivity contribution in [1.82, 2.24) is 0 Å². The van der Waals surface area contributed by atoms with Crippen molar-refractivity contribution in [2.75, 3.05) is 23.7 Å². The van der Waals surface area contributed by atoms with E-state index in [0.29, 0.717) is 0 Å². The van der Waals surface area contributed by atoms with Crippen molar-refractivity contribution in [1.29, 1.82) is 0 Å². The molecule has 1 aromatic carbocycles. The highest BCUT2D eigenvalue weighted by atomic mass is 79.9. The van der Waals surface area contributed by atoms with Gasteiger partial charge in [-0.05, 0) is 47.0 Å². The van der Waals surface area contributed by atoms with Crippen LogP contribution in [0.5, 0.6) is 0 Å². The normalized spacial score (nSPS) is 17.9. The smallest absolute Gasteiger partial charge is 0.0512 e. The van der Waals surface area contributed by atoms with Gasteiger partial charge in [-0.1, -0.05) is 19.3 Å². The average molecular weight is 283 g/mol. The second kappa shape index (κ2) is 5.58. The molecule has 0 atom stereocenters. The lowest BCUT2D eigenvalue weighted by Crippen LogP contribution is -2.27. The predicted molar refractivity (Wildman–Crippen MR) is 73.9 cm³/mol. The number of nitrogens with two attached hydrogens (primary N) is 1. The van der Waals surface area contributed by atoms with E-state index in [1.54, 1.807) is 0 Å². The van der Waals surface area contributed by atoms with Crippen LogP contribution in [0.2, 0.25) is 0 Å². The fourth-order valence-corrected chi connectivity index (χ4v) is 2.92. The summed E-state index contributed by atoms with van der Waals surface area (Å²) >= 11 is 3.61. The second-order valence-corrected chi connectivity index (χ2v) is 5.32. The summed E-state index contributed by atoms with van der Waals surface area (Å²) in [5, 5.41) is 0. The van der Waals surface area contributed by atoms with Gasteiger partial charge in [0.25, 0.3) is 0 Å². The monoisotopic (exact) mass is 282 g/mol. The largest absolute Gasteiger partial charge is 0.399 e. The minimum absolute atomic E-state index is 0.822. The Morgan fingerprint density at radius 3 is 2.25 bits per heavy atom. The van der Waals surface area contributed by atoms with E-state index in [4.69, 9.17) is 5.73 Å². The van der Waals surface area contributed by atoms with Crippen LogP contribution >= 0.6 is 15.9 Å². The maximum atomic E-state index is 5.76. The Hall–Kier alpha value is -0.700. The molecular weight excluding hydrogens is 264 g/mol. The third-order valence-corrected chi connectivity index (χ3v) is 3.80. The van der Waals surface area contributed by atoms with Gasteiger partial charge in [-0.3, -0.25) is 0 Å². The molecule has 88 valence electrons. The van der Waals surface area contributed by atoms with Crippen LogP contribution < -0.4 is 10.6 Å². The molecule has 0 aliphatic carbocycles. The summed E-state index contributed by atoms with van der Waals surface area (Å²) < 4.78 is 1.12. The molecule has 16 heavy (non-hydrogen) atoms. The number of rotatable bonds is 1. The number of hydrogen-bond acceptors (Lipinski definition) is 2. The minimum Gasteiger partial charge on any atom is -0.399 e. The van der Waals surface area contributed by atoms with E-state index in [9.17, 15) is 0 Å². The van der Waals surface area contributed by atoms with Gasteiger partial charge in [-0.2, -0.15) is 0 Å². The minimum atomic E-state index is 0.822. The van der Waals surface area contributed by atoms with Crippen molar-refractivity contribution in [2.24, 2.45) is 0 Å². The highest BCUT2D eigenvalue weighted by molar-refractivity contribution is 9.10. The molecule has 0 aromatic heterocycles. The Bertz CT molecular complexity index is 344. The summed E-state index contributed by atoms with van der Waals surface area (Å²) in [6.07, 6.45) is 6.73. The van der Waals surface area contributed by atoms with E-state index >= 15 is 0 Å². The lowest BCUT2D eigenvalue weighted by Gasteiger charge is -2.27. The lowest BCUT2D eigenvalue weighted by molar-refractivity contribution is 0.556. The van der Waals surface area contributed by atoms with Gasteiger partial charge in [-0.25, -0.2) is 0 Å². The Morgan fingerprint density at radius 1 is 1.00 bits per heavy atom. The van der Waals surface area contributed by atoms with Gasteiger partial charge in [0, 0.05) is 23.2 Å². The third kappa shape index (κ3) is 2.91. The van der Waals surface area contributed by atoms with Crippen LogP contribution in [-0.2, 0) is 0 Å². The quantitative estimate of drug-likeness (QED) is 0.794. The van der Waals surface area contributed by atoms with Gasteiger partial charge in [-0.15, -0.1) is 0 Å². The molecule has 0 amide bonds. The Kier molecular flexibility index (Phi) is 4.10. The fraction of sp³-hybridized carbons (Fsp3) is 0.538. The summed E-state index contributed by atoms with van der Waals surface area (Å²) in [4.78, 5) is 2.47. The van der Waals surface area contributed by atoms with E-state index in [2.05, 4.69) is 26.9 Å². The fourth-order valence-electron chi connectivity index (χ4n) is 2.27. The molecule has 2 nitrogen and oxygen atoms in total. The summed E-state index contributed by atoms with van der Waals surface area (Å²) in [7, 11) is 0. The van der Waals surface area contributed by atoms with Gasteiger partial charge < -0.3 is 10.6 Å². The van der Waals surface area contributed by atoms with Crippen molar-refractivity contribution < 1.29 is 0 Å². The Morgan fingerprint density at radius 2 is 1.62 bits per heavy atom. The van der Waals surface area contributed by atoms with Crippen LogP contribution in [0.1, 0.15) is 32.1 Å². The molecular formula is C13H19BrN2. The zero-order valence-corrected chi connectivity index (χ0v) is 11.2. The topological polar surface area (TPSA) is 29.3 Å². The van der Waals surface area contributed by atoms with Crippen LogP contribution in [0, 0.1) is 0 Å². The van der Waals surface area contributed by atoms with Crippen LogP contribution in [0.25, 0.3) is 0 Å².